The molecule has 11 rings (SSSR count). The molecule has 0 fully saturated rings. The lowest BCUT2D eigenvalue weighted by Crippen LogP contribution is -1.97. The highest BCUT2D eigenvalue weighted by molar-refractivity contribution is 6.06. The van der Waals surface area contributed by atoms with Crippen molar-refractivity contribution in [2.45, 2.75) is 0 Å². The largest absolute Gasteiger partial charge is 0.456 e. The van der Waals surface area contributed by atoms with Crippen LogP contribution in [0.2, 0.25) is 0 Å². The Morgan fingerprint density at radius 2 is 0.746 bits per heavy atom. The third-order valence-corrected chi connectivity index (χ3v) is 11.2. The lowest BCUT2D eigenvalue weighted by molar-refractivity contribution is 0.669. The summed E-state index contributed by atoms with van der Waals surface area (Å²) in [6.45, 7) is 0. The molecule has 0 spiro atoms. The highest BCUT2D eigenvalue weighted by atomic mass is 16.3. The van der Waals surface area contributed by atoms with Crippen molar-refractivity contribution >= 4 is 32.7 Å². The molecule has 0 radical (unpaired) electrons. The van der Waals surface area contributed by atoms with E-state index in [0.717, 1.165) is 83.4 Å². The van der Waals surface area contributed by atoms with Crippen LogP contribution in [0.15, 0.2) is 223 Å². The highest BCUT2D eigenvalue weighted by Crippen LogP contribution is 2.39. The first-order valence-electron chi connectivity index (χ1n) is 20.0. The van der Waals surface area contributed by atoms with Crippen LogP contribution < -0.4 is 0 Å². The van der Waals surface area contributed by atoms with E-state index >= 15 is 0 Å². The van der Waals surface area contributed by atoms with Gasteiger partial charge in [-0.1, -0.05) is 158 Å². The van der Waals surface area contributed by atoms with E-state index in [4.69, 9.17) is 14.4 Å². The quantitative estimate of drug-likeness (QED) is 0.163. The molecule has 0 N–H and O–H groups in total. The van der Waals surface area contributed by atoms with Gasteiger partial charge in [0.25, 0.3) is 0 Å². The van der Waals surface area contributed by atoms with Gasteiger partial charge in [0.1, 0.15) is 11.2 Å². The Kier molecular flexibility index (Phi) is 8.49. The van der Waals surface area contributed by atoms with E-state index in [9.17, 15) is 0 Å². The number of furan rings is 1. The summed E-state index contributed by atoms with van der Waals surface area (Å²) >= 11 is 0. The number of nitrogens with zero attached hydrogens (tertiary/aromatic N) is 2. The molecule has 0 aliphatic heterocycles. The molecule has 0 amide bonds. The number of hydrogen-bond acceptors (Lipinski definition) is 3. The van der Waals surface area contributed by atoms with Crippen molar-refractivity contribution in [2.75, 3.05) is 0 Å². The van der Waals surface area contributed by atoms with Crippen LogP contribution in [0.25, 0.3) is 111 Å². The summed E-state index contributed by atoms with van der Waals surface area (Å²) in [6, 6.07) is 77.2. The second-order valence-electron chi connectivity index (χ2n) is 15.0. The average molecular weight is 753 g/mol. The molecule has 11 aromatic rings. The molecule has 0 unspecified atom stereocenters. The molecule has 3 nitrogen and oxygen atoms in total. The molecular weight excluding hydrogens is 717 g/mol. The maximum atomic E-state index is 6.24. The van der Waals surface area contributed by atoms with Crippen LogP contribution in [0.3, 0.4) is 0 Å². The standard InChI is InChI=1S/C56H36N2O/c1-3-13-37(14-4-1)41-19-12-22-46(31-41)52-36-53(58-56(57-52)39-16-5-2-6-17-39)49-33-47(43-21-11-20-42(30-43)44-26-25-38-15-7-8-18-40(38)29-44)32-48(34-49)45-27-28-55-51(35-45)50-23-9-10-24-54(50)59-55/h1-36H. The van der Waals surface area contributed by atoms with Crippen LogP contribution in [0.1, 0.15) is 0 Å². The first-order chi connectivity index (χ1) is 29.2. The van der Waals surface area contributed by atoms with Crippen molar-refractivity contribution < 1.29 is 4.42 Å². The average Bonchev–Trinajstić information content (AvgIpc) is 3.70. The third-order valence-electron chi connectivity index (χ3n) is 11.2. The summed E-state index contributed by atoms with van der Waals surface area (Å²) in [6.07, 6.45) is 0. The second kappa shape index (κ2) is 14.6. The van der Waals surface area contributed by atoms with E-state index in [1.165, 1.54) is 21.9 Å². The van der Waals surface area contributed by atoms with Gasteiger partial charge >= 0.3 is 0 Å². The van der Waals surface area contributed by atoms with Gasteiger partial charge < -0.3 is 4.42 Å². The van der Waals surface area contributed by atoms with Gasteiger partial charge in [0.05, 0.1) is 11.4 Å². The number of rotatable bonds is 7. The number of hydrogen-bond donors (Lipinski definition) is 0. The van der Waals surface area contributed by atoms with Crippen molar-refractivity contribution in [3.8, 4) is 78.4 Å². The summed E-state index contributed by atoms with van der Waals surface area (Å²) in [5.41, 5.74) is 15.6. The maximum absolute atomic E-state index is 6.24. The Balaban J connectivity index is 1.11. The van der Waals surface area contributed by atoms with Crippen LogP contribution in [0.4, 0.5) is 0 Å². The summed E-state index contributed by atoms with van der Waals surface area (Å²) in [5, 5.41) is 4.66. The molecular formula is C56H36N2O. The lowest BCUT2D eigenvalue weighted by atomic mass is 9.92. The normalized spacial score (nSPS) is 11.4. The van der Waals surface area contributed by atoms with Crippen LogP contribution in [0, 0.1) is 0 Å². The van der Waals surface area contributed by atoms with Gasteiger partial charge in [0.15, 0.2) is 5.82 Å². The zero-order valence-corrected chi connectivity index (χ0v) is 32.1. The number of benzene rings is 9. The van der Waals surface area contributed by atoms with Gasteiger partial charge in [-0.3, -0.25) is 0 Å². The summed E-state index contributed by atoms with van der Waals surface area (Å²) in [4.78, 5) is 10.5. The molecule has 59 heavy (non-hydrogen) atoms. The zero-order chi connectivity index (χ0) is 39.1. The van der Waals surface area contributed by atoms with Crippen LogP contribution in [0.5, 0.6) is 0 Å². The minimum absolute atomic E-state index is 0.680. The van der Waals surface area contributed by atoms with Gasteiger partial charge in [0.2, 0.25) is 0 Å². The van der Waals surface area contributed by atoms with Crippen molar-refractivity contribution in [3.63, 3.8) is 0 Å². The molecule has 0 saturated heterocycles. The first-order valence-corrected chi connectivity index (χ1v) is 20.0. The smallest absolute Gasteiger partial charge is 0.160 e. The molecule has 0 aliphatic carbocycles. The van der Waals surface area contributed by atoms with Crippen LogP contribution in [-0.4, -0.2) is 9.97 Å². The fourth-order valence-corrected chi connectivity index (χ4v) is 8.21. The van der Waals surface area contributed by atoms with Crippen molar-refractivity contribution in [2.24, 2.45) is 0 Å². The molecule has 0 atom stereocenters. The van der Waals surface area contributed by atoms with E-state index in [1.54, 1.807) is 0 Å². The van der Waals surface area contributed by atoms with E-state index in [2.05, 4.69) is 182 Å². The lowest BCUT2D eigenvalue weighted by Gasteiger charge is -2.14. The van der Waals surface area contributed by atoms with Crippen molar-refractivity contribution in [3.05, 3.63) is 218 Å². The first kappa shape index (κ1) is 34.4. The van der Waals surface area contributed by atoms with E-state index in [-0.39, 0.29) is 0 Å². The summed E-state index contributed by atoms with van der Waals surface area (Å²) in [7, 11) is 0. The molecule has 2 heterocycles. The maximum Gasteiger partial charge on any atom is 0.160 e. The molecule has 0 bridgehead atoms. The molecule has 3 heteroatoms. The zero-order valence-electron chi connectivity index (χ0n) is 32.1. The van der Waals surface area contributed by atoms with Crippen molar-refractivity contribution in [1.29, 1.82) is 0 Å². The number of fused-ring (bicyclic) bond motifs is 4. The molecule has 2 aromatic heterocycles. The number of aromatic nitrogens is 2. The molecule has 0 saturated carbocycles. The Bertz CT molecular complexity index is 3330. The fourth-order valence-electron chi connectivity index (χ4n) is 8.21. The van der Waals surface area contributed by atoms with E-state index in [1.807, 2.05) is 36.4 Å². The predicted molar refractivity (Wildman–Crippen MR) is 245 cm³/mol. The SMILES string of the molecule is c1ccc(-c2cccc(-c3cc(-c4cc(-c5cccc(-c6ccc7ccccc7c6)c5)cc(-c5ccc6oc7ccccc7c6c5)c4)nc(-c4ccccc4)n3)c2)cc1. The van der Waals surface area contributed by atoms with E-state index < -0.39 is 0 Å². The van der Waals surface area contributed by atoms with Crippen LogP contribution in [-0.2, 0) is 0 Å². The summed E-state index contributed by atoms with van der Waals surface area (Å²) < 4.78 is 6.24. The predicted octanol–water partition coefficient (Wildman–Crippen LogP) is 15.2. The minimum Gasteiger partial charge on any atom is -0.456 e. The van der Waals surface area contributed by atoms with Crippen molar-refractivity contribution in [1.82, 2.24) is 9.97 Å². The Morgan fingerprint density at radius 1 is 0.254 bits per heavy atom. The number of para-hydroxylation sites is 1. The third kappa shape index (κ3) is 6.65. The Morgan fingerprint density at radius 3 is 1.53 bits per heavy atom. The highest BCUT2D eigenvalue weighted by Gasteiger charge is 2.16. The molecule has 0 aliphatic rings. The minimum atomic E-state index is 0.680. The van der Waals surface area contributed by atoms with Gasteiger partial charge in [0, 0.05) is 27.5 Å². The summed E-state index contributed by atoms with van der Waals surface area (Å²) in [5.74, 6) is 0.680. The second-order valence-corrected chi connectivity index (χ2v) is 15.0. The Labute approximate surface area is 342 Å². The van der Waals surface area contributed by atoms with Gasteiger partial charge in [-0.05, 0) is 116 Å². The van der Waals surface area contributed by atoms with Gasteiger partial charge in [-0.15, -0.1) is 0 Å². The molecule has 9 aromatic carbocycles. The van der Waals surface area contributed by atoms with E-state index in [0.29, 0.717) is 5.82 Å². The topological polar surface area (TPSA) is 38.9 Å². The molecule has 276 valence electrons. The monoisotopic (exact) mass is 752 g/mol. The Hall–Kier alpha value is -7.88. The van der Waals surface area contributed by atoms with Gasteiger partial charge in [-0.25, -0.2) is 9.97 Å². The fraction of sp³-hybridized carbons (Fsp3) is 0. The van der Waals surface area contributed by atoms with Gasteiger partial charge in [-0.2, -0.15) is 0 Å². The van der Waals surface area contributed by atoms with Crippen LogP contribution >= 0.6 is 0 Å².